The third-order valence-electron chi connectivity index (χ3n) is 6.62. The smallest absolute Gasteiger partial charge is 0.256 e. The first-order chi connectivity index (χ1) is 13.4. The number of rotatable bonds is 4. The van der Waals surface area contributed by atoms with Crippen LogP contribution in [0.25, 0.3) is 0 Å². The fourth-order valence-corrected chi connectivity index (χ4v) is 5.70. The van der Waals surface area contributed by atoms with Crippen molar-refractivity contribution in [2.75, 3.05) is 12.4 Å². The van der Waals surface area contributed by atoms with E-state index in [2.05, 4.69) is 31.4 Å². The molecule has 1 amide bonds. The van der Waals surface area contributed by atoms with Crippen LogP contribution in [-0.2, 0) is 12.8 Å². The summed E-state index contributed by atoms with van der Waals surface area (Å²) in [5, 5.41) is 17.8. The molecule has 4 rings (SSSR count). The van der Waals surface area contributed by atoms with E-state index in [-0.39, 0.29) is 11.7 Å². The van der Waals surface area contributed by atoms with Crippen molar-refractivity contribution in [1.82, 2.24) is 5.32 Å². The minimum Gasteiger partial charge on any atom is -0.504 e. The van der Waals surface area contributed by atoms with E-state index in [0.29, 0.717) is 22.6 Å². The maximum atomic E-state index is 12.9. The Balaban J connectivity index is 1.65. The molecule has 2 heterocycles. The van der Waals surface area contributed by atoms with Crippen LogP contribution < -0.4 is 15.4 Å². The van der Waals surface area contributed by atoms with Crippen molar-refractivity contribution >= 4 is 22.2 Å². The van der Waals surface area contributed by atoms with E-state index in [0.717, 1.165) is 36.2 Å². The molecule has 28 heavy (non-hydrogen) atoms. The Hall–Kier alpha value is -2.21. The molecule has 0 unspecified atom stereocenters. The molecule has 0 fully saturated rings. The molecule has 3 N–H and O–H groups in total. The molecule has 0 radical (unpaired) electrons. The first kappa shape index (κ1) is 19.1. The zero-order valence-electron chi connectivity index (χ0n) is 16.9. The number of fused-ring (bicyclic) bond motifs is 3. The Morgan fingerprint density at radius 2 is 2.11 bits per heavy atom. The van der Waals surface area contributed by atoms with Gasteiger partial charge in [0.2, 0.25) is 0 Å². The number of benzene rings is 1. The maximum absolute atomic E-state index is 12.9. The molecule has 0 bridgehead atoms. The van der Waals surface area contributed by atoms with E-state index in [4.69, 9.17) is 4.74 Å². The lowest BCUT2D eigenvalue weighted by Gasteiger charge is -2.36. The largest absolute Gasteiger partial charge is 0.504 e. The van der Waals surface area contributed by atoms with E-state index in [1.54, 1.807) is 23.5 Å². The number of methoxy groups -OCH3 is 1. The molecule has 2 atom stereocenters. The topological polar surface area (TPSA) is 70.6 Å². The number of hydrogen-bond acceptors (Lipinski definition) is 5. The molecule has 2 aromatic rings. The van der Waals surface area contributed by atoms with E-state index in [9.17, 15) is 9.90 Å². The van der Waals surface area contributed by atoms with Crippen molar-refractivity contribution in [1.29, 1.82) is 0 Å². The van der Waals surface area contributed by atoms with Crippen LogP contribution in [0.3, 0.4) is 0 Å². The van der Waals surface area contributed by atoms with Gasteiger partial charge in [0.15, 0.2) is 11.5 Å². The monoisotopic (exact) mass is 400 g/mol. The summed E-state index contributed by atoms with van der Waals surface area (Å²) >= 11 is 1.70. The highest BCUT2D eigenvalue weighted by molar-refractivity contribution is 7.16. The lowest BCUT2D eigenvalue weighted by atomic mass is 9.69. The quantitative estimate of drug-likeness (QED) is 0.686. The van der Waals surface area contributed by atoms with Crippen LogP contribution in [0.1, 0.15) is 66.1 Å². The number of phenolic OH excluding ortho intramolecular Hbond substituents is 1. The third kappa shape index (κ3) is 3.04. The number of hydrogen-bond donors (Lipinski definition) is 3. The Kier molecular flexibility index (Phi) is 4.78. The predicted molar refractivity (Wildman–Crippen MR) is 112 cm³/mol. The van der Waals surface area contributed by atoms with Crippen LogP contribution in [0.15, 0.2) is 18.2 Å². The summed E-state index contributed by atoms with van der Waals surface area (Å²) < 4.78 is 5.21. The highest BCUT2D eigenvalue weighted by Gasteiger charge is 2.37. The van der Waals surface area contributed by atoms with Gasteiger partial charge in [-0.05, 0) is 42.2 Å². The van der Waals surface area contributed by atoms with Gasteiger partial charge in [-0.2, -0.15) is 0 Å². The molecule has 0 saturated heterocycles. The average molecular weight is 401 g/mol. The normalized spacial score (nSPS) is 21.4. The number of anilines is 1. The van der Waals surface area contributed by atoms with Gasteiger partial charge in [0, 0.05) is 10.4 Å². The van der Waals surface area contributed by atoms with E-state index in [1.165, 1.54) is 17.6 Å². The van der Waals surface area contributed by atoms with Gasteiger partial charge in [0.25, 0.3) is 5.91 Å². The highest BCUT2D eigenvalue weighted by atomic mass is 32.1. The molecule has 2 aliphatic rings. The van der Waals surface area contributed by atoms with Gasteiger partial charge in [-0.3, -0.25) is 4.79 Å². The van der Waals surface area contributed by atoms with Gasteiger partial charge < -0.3 is 20.5 Å². The molecular formula is C22H28N2O3S. The average Bonchev–Trinajstić information content (AvgIpc) is 3.06. The Morgan fingerprint density at radius 3 is 2.82 bits per heavy atom. The standard InChI is InChI=1S/C22H28N2O3S/c1-5-22(2,3)12-9-10-13-16(11-12)28-21-17(13)20(26)23-19(24-21)14-7-6-8-15(27-4)18(14)25/h6-8,12,19,24-25H,5,9-11H2,1-4H3,(H,23,26)/t12-,19-/m1/s1. The second kappa shape index (κ2) is 6.99. The van der Waals surface area contributed by atoms with Gasteiger partial charge in [0.05, 0.1) is 12.7 Å². The SMILES string of the molecule is CCC(C)(C)[C@@H]1CCc2c(sc3c2C(=O)N[C@@H](c2cccc(OC)c2O)N3)C1. The molecule has 5 nitrogen and oxygen atoms in total. The van der Waals surface area contributed by atoms with E-state index < -0.39 is 6.17 Å². The van der Waals surface area contributed by atoms with Gasteiger partial charge in [-0.25, -0.2) is 0 Å². The molecule has 0 spiro atoms. The lowest BCUT2D eigenvalue weighted by Crippen LogP contribution is -2.38. The summed E-state index contributed by atoms with van der Waals surface area (Å²) in [7, 11) is 1.52. The molecular weight excluding hydrogens is 372 g/mol. The second-order valence-electron chi connectivity index (χ2n) is 8.44. The second-order valence-corrected chi connectivity index (χ2v) is 9.54. The van der Waals surface area contributed by atoms with Crippen molar-refractivity contribution in [3.8, 4) is 11.5 Å². The summed E-state index contributed by atoms with van der Waals surface area (Å²) in [5.74, 6) is 1.03. The molecule has 0 saturated carbocycles. The predicted octanol–water partition coefficient (Wildman–Crippen LogP) is 4.86. The number of thiophene rings is 1. The zero-order valence-corrected chi connectivity index (χ0v) is 17.7. The van der Waals surface area contributed by atoms with Crippen molar-refractivity contribution < 1.29 is 14.6 Å². The van der Waals surface area contributed by atoms with Crippen LogP contribution in [-0.4, -0.2) is 18.1 Å². The number of carbonyl (C=O) groups excluding carboxylic acids is 1. The summed E-state index contributed by atoms with van der Waals surface area (Å²) in [6, 6.07) is 5.32. The van der Waals surface area contributed by atoms with Gasteiger partial charge in [0.1, 0.15) is 11.2 Å². The van der Waals surface area contributed by atoms with Crippen LogP contribution in [0.5, 0.6) is 11.5 Å². The molecule has 1 aromatic heterocycles. The number of nitrogens with one attached hydrogen (secondary N) is 2. The molecule has 6 heteroatoms. The highest BCUT2D eigenvalue weighted by Crippen LogP contribution is 2.47. The summed E-state index contributed by atoms with van der Waals surface area (Å²) in [4.78, 5) is 14.3. The number of aromatic hydroxyl groups is 1. The minimum absolute atomic E-state index is 0.0531. The summed E-state index contributed by atoms with van der Waals surface area (Å²) in [6.45, 7) is 6.96. The number of ether oxygens (including phenoxy) is 1. The zero-order chi connectivity index (χ0) is 20.1. The Bertz CT molecular complexity index is 919. The van der Waals surface area contributed by atoms with E-state index in [1.807, 2.05) is 6.07 Å². The number of para-hydroxylation sites is 1. The number of carbonyl (C=O) groups is 1. The fraction of sp³-hybridized carbons (Fsp3) is 0.500. The Labute approximate surface area is 170 Å². The molecule has 1 aliphatic carbocycles. The van der Waals surface area contributed by atoms with Gasteiger partial charge >= 0.3 is 0 Å². The van der Waals surface area contributed by atoms with Crippen LogP contribution in [0.2, 0.25) is 0 Å². The summed E-state index contributed by atoms with van der Waals surface area (Å²) in [5.41, 5.74) is 2.93. The van der Waals surface area contributed by atoms with Crippen LogP contribution >= 0.6 is 11.3 Å². The molecule has 150 valence electrons. The van der Waals surface area contributed by atoms with Gasteiger partial charge in [-0.1, -0.05) is 39.3 Å². The molecule has 1 aromatic carbocycles. The van der Waals surface area contributed by atoms with Crippen molar-refractivity contribution in [2.45, 2.75) is 52.6 Å². The van der Waals surface area contributed by atoms with Crippen LogP contribution in [0.4, 0.5) is 5.00 Å². The fourth-order valence-electron chi connectivity index (χ4n) is 4.35. The molecule has 1 aliphatic heterocycles. The maximum Gasteiger partial charge on any atom is 0.256 e. The summed E-state index contributed by atoms with van der Waals surface area (Å²) in [6.07, 6.45) is 3.81. The Morgan fingerprint density at radius 1 is 1.32 bits per heavy atom. The minimum atomic E-state index is -0.474. The third-order valence-corrected chi connectivity index (χ3v) is 7.81. The lowest BCUT2D eigenvalue weighted by molar-refractivity contribution is 0.0934. The number of phenols is 1. The first-order valence-electron chi connectivity index (χ1n) is 9.93. The van der Waals surface area contributed by atoms with Crippen molar-refractivity contribution in [3.63, 3.8) is 0 Å². The van der Waals surface area contributed by atoms with E-state index >= 15 is 0 Å². The van der Waals surface area contributed by atoms with Crippen molar-refractivity contribution in [3.05, 3.63) is 39.8 Å². The van der Waals surface area contributed by atoms with Crippen molar-refractivity contribution in [2.24, 2.45) is 11.3 Å². The van der Waals surface area contributed by atoms with Gasteiger partial charge in [-0.15, -0.1) is 11.3 Å². The first-order valence-corrected chi connectivity index (χ1v) is 10.7. The van der Waals surface area contributed by atoms with Crippen LogP contribution in [0, 0.1) is 11.3 Å². The number of amides is 1.